The van der Waals surface area contributed by atoms with Crippen LogP contribution in [0.1, 0.15) is 19.3 Å². The average molecular weight is 596 g/mol. The SMILES string of the molecule is COc1ncc(-c2ccc3ncc(-c4cn(CCCN5CCCC5)nn4)n3n2)cc1NS(=O)(=O)c1ccc(F)cc1F. The molecule has 1 saturated heterocycles. The zero-order chi connectivity index (χ0) is 29.3. The topological polar surface area (TPSA) is 132 Å². The highest BCUT2D eigenvalue weighted by molar-refractivity contribution is 7.92. The largest absolute Gasteiger partial charge is 0.480 e. The van der Waals surface area contributed by atoms with Crippen LogP contribution in [-0.4, -0.2) is 74.6 Å². The normalized spacial score (nSPS) is 14.1. The smallest absolute Gasteiger partial charge is 0.264 e. The van der Waals surface area contributed by atoms with Gasteiger partial charge < -0.3 is 9.64 Å². The fourth-order valence-electron chi connectivity index (χ4n) is 4.91. The van der Waals surface area contributed by atoms with Crippen molar-refractivity contribution in [1.82, 2.24) is 39.5 Å². The van der Waals surface area contributed by atoms with Gasteiger partial charge in [0.2, 0.25) is 5.88 Å². The van der Waals surface area contributed by atoms with E-state index in [0.29, 0.717) is 34.4 Å². The fourth-order valence-corrected chi connectivity index (χ4v) is 6.02. The quantitative estimate of drug-likeness (QED) is 0.257. The molecule has 0 spiro atoms. The molecule has 0 bridgehead atoms. The molecular formula is C27H27F2N9O3S. The van der Waals surface area contributed by atoms with Crippen LogP contribution in [0.5, 0.6) is 5.88 Å². The number of likely N-dealkylation sites (tertiary alicyclic amines) is 1. The molecule has 0 amide bonds. The molecule has 0 saturated carbocycles. The number of nitrogens with zero attached hydrogens (tertiary/aromatic N) is 8. The summed E-state index contributed by atoms with van der Waals surface area (Å²) in [5.74, 6) is -2.17. The van der Waals surface area contributed by atoms with Gasteiger partial charge in [0, 0.05) is 24.4 Å². The predicted octanol–water partition coefficient (Wildman–Crippen LogP) is 3.62. The molecule has 15 heteroatoms. The molecule has 6 rings (SSSR count). The van der Waals surface area contributed by atoms with Gasteiger partial charge in [-0.1, -0.05) is 5.21 Å². The first-order chi connectivity index (χ1) is 20.3. The van der Waals surface area contributed by atoms with E-state index < -0.39 is 26.6 Å². The van der Waals surface area contributed by atoms with Gasteiger partial charge in [-0.15, -0.1) is 5.10 Å². The van der Waals surface area contributed by atoms with Crippen LogP contribution in [-0.2, 0) is 16.6 Å². The number of anilines is 1. The van der Waals surface area contributed by atoms with E-state index in [1.54, 1.807) is 22.8 Å². The number of pyridine rings is 1. The van der Waals surface area contributed by atoms with E-state index in [-0.39, 0.29) is 11.6 Å². The van der Waals surface area contributed by atoms with Gasteiger partial charge in [0.15, 0.2) is 5.65 Å². The summed E-state index contributed by atoms with van der Waals surface area (Å²) < 4.78 is 64.4. The Morgan fingerprint density at radius 1 is 1.00 bits per heavy atom. The van der Waals surface area contributed by atoms with Crippen LogP contribution in [0.4, 0.5) is 14.5 Å². The van der Waals surface area contributed by atoms with E-state index in [9.17, 15) is 17.2 Å². The van der Waals surface area contributed by atoms with E-state index in [0.717, 1.165) is 44.7 Å². The van der Waals surface area contributed by atoms with Gasteiger partial charge in [-0.3, -0.25) is 9.40 Å². The Morgan fingerprint density at radius 3 is 2.62 bits per heavy atom. The van der Waals surface area contributed by atoms with Crippen molar-refractivity contribution in [3.63, 3.8) is 0 Å². The summed E-state index contributed by atoms with van der Waals surface area (Å²) in [6.07, 6.45) is 8.48. The molecule has 5 aromatic rings. The molecule has 5 heterocycles. The van der Waals surface area contributed by atoms with Crippen molar-refractivity contribution in [2.45, 2.75) is 30.7 Å². The molecule has 0 atom stereocenters. The standard InChI is InChI=1S/C27H27F2N9O3S/c1-41-27-22(34-42(39,40)25-7-5-19(28)14-20(25)29)13-18(15-31-27)21-6-8-26-30-16-24(38(26)33-21)23-17-37(35-32-23)12-4-11-36-9-2-3-10-36/h5-8,13-17,34H,2-4,9-12H2,1H3. The Balaban J connectivity index is 1.26. The first-order valence-corrected chi connectivity index (χ1v) is 14.8. The number of rotatable bonds is 10. The second kappa shape index (κ2) is 11.4. The highest BCUT2D eigenvalue weighted by Crippen LogP contribution is 2.30. The van der Waals surface area contributed by atoms with E-state index in [2.05, 4.69) is 29.9 Å². The van der Waals surface area contributed by atoms with Crippen LogP contribution in [0, 0.1) is 11.6 Å². The number of methoxy groups -OCH3 is 1. The maximum absolute atomic E-state index is 14.3. The molecule has 218 valence electrons. The zero-order valence-electron chi connectivity index (χ0n) is 22.6. The summed E-state index contributed by atoms with van der Waals surface area (Å²) in [6, 6.07) is 7.13. The van der Waals surface area contributed by atoms with Gasteiger partial charge in [-0.05, 0) is 69.2 Å². The summed E-state index contributed by atoms with van der Waals surface area (Å²) in [7, 11) is -3.12. The predicted molar refractivity (Wildman–Crippen MR) is 149 cm³/mol. The van der Waals surface area contributed by atoms with Crippen molar-refractivity contribution >= 4 is 21.4 Å². The van der Waals surface area contributed by atoms with Crippen LogP contribution in [0.3, 0.4) is 0 Å². The minimum atomic E-state index is -4.44. The number of hydrogen-bond acceptors (Lipinski definition) is 9. The molecule has 42 heavy (non-hydrogen) atoms. The Labute approximate surface area is 240 Å². The molecule has 1 N–H and O–H groups in total. The molecule has 1 aromatic carbocycles. The lowest BCUT2D eigenvalue weighted by Gasteiger charge is -2.13. The van der Waals surface area contributed by atoms with Crippen LogP contribution >= 0.6 is 0 Å². The number of sulfonamides is 1. The lowest BCUT2D eigenvalue weighted by Crippen LogP contribution is -2.21. The third kappa shape index (κ3) is 5.65. The van der Waals surface area contributed by atoms with Crippen molar-refractivity contribution in [3.8, 4) is 28.5 Å². The van der Waals surface area contributed by atoms with Gasteiger partial charge in [-0.2, -0.15) is 5.10 Å². The maximum atomic E-state index is 14.3. The number of aryl methyl sites for hydroxylation is 1. The van der Waals surface area contributed by atoms with Crippen LogP contribution in [0.25, 0.3) is 28.3 Å². The Hall–Kier alpha value is -4.50. The third-order valence-electron chi connectivity index (χ3n) is 6.99. The molecular weight excluding hydrogens is 568 g/mol. The zero-order valence-corrected chi connectivity index (χ0v) is 23.4. The third-order valence-corrected chi connectivity index (χ3v) is 8.39. The van der Waals surface area contributed by atoms with E-state index in [1.807, 2.05) is 10.9 Å². The summed E-state index contributed by atoms with van der Waals surface area (Å²) >= 11 is 0. The molecule has 0 radical (unpaired) electrons. The Bertz CT molecular complexity index is 1850. The molecule has 0 unspecified atom stereocenters. The first kappa shape index (κ1) is 27.7. The number of benzene rings is 1. The number of halogens is 2. The second-order valence-corrected chi connectivity index (χ2v) is 11.5. The number of hydrogen-bond donors (Lipinski definition) is 1. The van der Waals surface area contributed by atoms with E-state index in [4.69, 9.17) is 9.84 Å². The first-order valence-electron chi connectivity index (χ1n) is 13.3. The van der Waals surface area contributed by atoms with Gasteiger partial charge in [-0.25, -0.2) is 31.7 Å². The molecule has 1 aliphatic rings. The van der Waals surface area contributed by atoms with Gasteiger partial charge in [0.25, 0.3) is 10.0 Å². The summed E-state index contributed by atoms with van der Waals surface area (Å²) in [4.78, 5) is 10.4. The monoisotopic (exact) mass is 595 g/mol. The average Bonchev–Trinajstić information content (AvgIpc) is 3.74. The lowest BCUT2D eigenvalue weighted by atomic mass is 10.2. The van der Waals surface area contributed by atoms with Crippen molar-refractivity contribution in [1.29, 1.82) is 0 Å². The number of fused-ring (bicyclic) bond motifs is 1. The van der Waals surface area contributed by atoms with Crippen LogP contribution < -0.4 is 9.46 Å². The minimum Gasteiger partial charge on any atom is -0.480 e. The molecule has 0 aliphatic carbocycles. The van der Waals surface area contributed by atoms with Crippen LogP contribution in [0.2, 0.25) is 0 Å². The molecule has 1 fully saturated rings. The number of imidazole rings is 1. The van der Waals surface area contributed by atoms with Gasteiger partial charge >= 0.3 is 0 Å². The highest BCUT2D eigenvalue weighted by Gasteiger charge is 2.23. The number of nitrogens with one attached hydrogen (secondary N) is 1. The van der Waals surface area contributed by atoms with Crippen molar-refractivity contribution in [2.75, 3.05) is 31.5 Å². The second-order valence-electron chi connectivity index (χ2n) is 9.86. The highest BCUT2D eigenvalue weighted by atomic mass is 32.2. The molecule has 4 aromatic heterocycles. The Morgan fingerprint density at radius 2 is 1.83 bits per heavy atom. The maximum Gasteiger partial charge on any atom is 0.264 e. The lowest BCUT2D eigenvalue weighted by molar-refractivity contribution is 0.321. The fraction of sp³-hybridized carbons (Fsp3) is 0.296. The van der Waals surface area contributed by atoms with Crippen molar-refractivity contribution in [2.24, 2.45) is 0 Å². The summed E-state index contributed by atoms with van der Waals surface area (Å²) in [5.41, 5.74) is 2.65. The van der Waals surface area contributed by atoms with E-state index in [1.165, 1.54) is 32.2 Å². The summed E-state index contributed by atoms with van der Waals surface area (Å²) in [5, 5.41) is 13.3. The summed E-state index contributed by atoms with van der Waals surface area (Å²) in [6.45, 7) is 4.09. The van der Waals surface area contributed by atoms with Gasteiger partial charge in [0.05, 0.1) is 25.2 Å². The van der Waals surface area contributed by atoms with Crippen molar-refractivity contribution in [3.05, 3.63) is 66.6 Å². The van der Waals surface area contributed by atoms with E-state index >= 15 is 0 Å². The Kier molecular flexibility index (Phi) is 7.51. The van der Waals surface area contributed by atoms with Crippen molar-refractivity contribution < 1.29 is 21.9 Å². The van der Waals surface area contributed by atoms with Gasteiger partial charge in [0.1, 0.15) is 33.6 Å². The minimum absolute atomic E-state index is 0.0458. The molecule has 12 nitrogen and oxygen atoms in total. The molecule has 1 aliphatic heterocycles. The van der Waals surface area contributed by atoms with Crippen LogP contribution in [0.15, 0.2) is 59.9 Å². The number of ether oxygens (including phenoxy) is 1. The number of aromatic nitrogens is 7.